The highest BCUT2D eigenvalue weighted by molar-refractivity contribution is 9.10. The Morgan fingerprint density at radius 1 is 1.33 bits per heavy atom. The van der Waals surface area contributed by atoms with Crippen LogP contribution in [0.3, 0.4) is 0 Å². The van der Waals surface area contributed by atoms with Gasteiger partial charge in [-0.05, 0) is 24.5 Å². The lowest BCUT2D eigenvalue weighted by molar-refractivity contribution is 0.580. The second kappa shape index (κ2) is 4.23. The van der Waals surface area contributed by atoms with Gasteiger partial charge in [-0.3, -0.25) is 0 Å². The van der Waals surface area contributed by atoms with Crippen LogP contribution in [-0.4, -0.2) is 13.7 Å². The Kier molecular flexibility index (Phi) is 3.13. The number of benzene rings is 1. The summed E-state index contributed by atoms with van der Waals surface area (Å²) in [5.74, 6) is 0. The van der Waals surface area contributed by atoms with Gasteiger partial charge in [0.1, 0.15) is 0 Å². The molecule has 0 amide bonds. The van der Waals surface area contributed by atoms with Gasteiger partial charge in [0, 0.05) is 11.0 Å². The molecule has 0 unspecified atom stereocenters. The van der Waals surface area contributed by atoms with Crippen molar-refractivity contribution in [2.75, 3.05) is 0 Å². The lowest BCUT2D eigenvalue weighted by Crippen LogP contribution is -2.26. The van der Waals surface area contributed by atoms with Crippen LogP contribution in [0.4, 0.5) is 0 Å². The van der Waals surface area contributed by atoms with Crippen molar-refractivity contribution in [2.24, 2.45) is 0 Å². The smallest absolute Gasteiger partial charge is 0.212 e. The second-order valence-electron chi connectivity index (χ2n) is 3.66. The van der Waals surface area contributed by atoms with E-state index in [0.717, 1.165) is 22.9 Å². The third-order valence-corrected chi connectivity index (χ3v) is 5.05. The van der Waals surface area contributed by atoms with Crippen molar-refractivity contribution in [3.05, 3.63) is 34.3 Å². The molecule has 0 saturated heterocycles. The number of halogens is 1. The molecule has 0 aliphatic heterocycles. The summed E-state index contributed by atoms with van der Waals surface area (Å²) >= 11 is 3.38. The van der Waals surface area contributed by atoms with Crippen molar-refractivity contribution in [3.8, 4) is 0 Å². The van der Waals surface area contributed by atoms with Gasteiger partial charge in [-0.25, -0.2) is 13.1 Å². The van der Waals surface area contributed by atoms with Gasteiger partial charge < -0.3 is 0 Å². The molecule has 1 aliphatic rings. The quantitative estimate of drug-likeness (QED) is 0.922. The van der Waals surface area contributed by atoms with Gasteiger partial charge in [0.2, 0.25) is 10.0 Å². The number of rotatable bonds is 4. The number of hydrogen-bond donors (Lipinski definition) is 1. The van der Waals surface area contributed by atoms with E-state index >= 15 is 0 Å². The van der Waals surface area contributed by atoms with E-state index in [9.17, 15) is 8.42 Å². The Morgan fingerprint density at radius 3 is 2.60 bits per heavy atom. The average Bonchev–Trinajstić information content (AvgIpc) is 3.00. The molecule has 82 valence electrons. The van der Waals surface area contributed by atoms with E-state index in [-0.39, 0.29) is 5.25 Å². The fourth-order valence-electron chi connectivity index (χ4n) is 1.32. The highest BCUT2D eigenvalue weighted by Gasteiger charge is 2.35. The van der Waals surface area contributed by atoms with Crippen LogP contribution in [0.2, 0.25) is 0 Å². The summed E-state index contributed by atoms with van der Waals surface area (Å²) in [6.45, 7) is 0.361. The fraction of sp³-hybridized carbons (Fsp3) is 0.400. The molecule has 0 heterocycles. The highest BCUT2D eigenvalue weighted by atomic mass is 79.9. The first-order valence-electron chi connectivity index (χ1n) is 4.81. The minimum absolute atomic E-state index is 0.153. The van der Waals surface area contributed by atoms with Gasteiger partial charge in [-0.15, -0.1) is 0 Å². The molecule has 5 heteroatoms. The number of hydrogen-bond acceptors (Lipinski definition) is 2. The van der Waals surface area contributed by atoms with E-state index in [1.807, 2.05) is 24.3 Å². The SMILES string of the molecule is O=S(=O)(NCc1ccccc1Br)C1CC1. The standard InChI is InChI=1S/C10H12BrNO2S/c11-10-4-2-1-3-8(10)7-12-15(13,14)9-5-6-9/h1-4,9,12H,5-7H2. The molecule has 0 spiro atoms. The summed E-state index contributed by atoms with van der Waals surface area (Å²) < 4.78 is 26.7. The summed E-state index contributed by atoms with van der Waals surface area (Å²) in [5, 5.41) is -0.153. The zero-order valence-electron chi connectivity index (χ0n) is 8.11. The molecule has 1 fully saturated rings. The third-order valence-electron chi connectivity index (χ3n) is 2.38. The molecule has 1 N–H and O–H groups in total. The molecule has 0 radical (unpaired) electrons. The van der Waals surface area contributed by atoms with Crippen molar-refractivity contribution >= 4 is 26.0 Å². The number of sulfonamides is 1. The van der Waals surface area contributed by atoms with Crippen molar-refractivity contribution in [3.63, 3.8) is 0 Å². The summed E-state index contributed by atoms with van der Waals surface area (Å²) in [6, 6.07) is 7.61. The first-order chi connectivity index (χ1) is 7.09. The van der Waals surface area contributed by atoms with Gasteiger partial charge in [-0.2, -0.15) is 0 Å². The maximum absolute atomic E-state index is 11.6. The lowest BCUT2D eigenvalue weighted by Gasteiger charge is -2.06. The molecular weight excluding hydrogens is 278 g/mol. The van der Waals surface area contributed by atoms with Crippen LogP contribution in [0, 0.1) is 0 Å². The zero-order valence-corrected chi connectivity index (χ0v) is 10.5. The van der Waals surface area contributed by atoms with Crippen LogP contribution in [-0.2, 0) is 16.6 Å². The molecule has 15 heavy (non-hydrogen) atoms. The molecule has 0 aromatic heterocycles. The molecule has 0 atom stereocenters. The van der Waals surface area contributed by atoms with Crippen molar-refractivity contribution in [1.29, 1.82) is 0 Å². The van der Waals surface area contributed by atoms with E-state index in [1.54, 1.807) is 0 Å². The normalized spacial score (nSPS) is 16.6. The monoisotopic (exact) mass is 289 g/mol. The van der Waals surface area contributed by atoms with Crippen LogP contribution in [0.15, 0.2) is 28.7 Å². The molecule has 1 saturated carbocycles. The van der Waals surface area contributed by atoms with E-state index in [0.29, 0.717) is 6.54 Å². The Bertz CT molecular complexity index is 454. The molecule has 0 bridgehead atoms. The highest BCUT2D eigenvalue weighted by Crippen LogP contribution is 2.27. The fourth-order valence-corrected chi connectivity index (χ4v) is 3.09. The number of nitrogens with one attached hydrogen (secondary N) is 1. The van der Waals surface area contributed by atoms with Crippen LogP contribution < -0.4 is 4.72 Å². The van der Waals surface area contributed by atoms with Crippen molar-refractivity contribution in [1.82, 2.24) is 4.72 Å². The van der Waals surface area contributed by atoms with Crippen LogP contribution in [0.25, 0.3) is 0 Å². The Morgan fingerprint density at radius 2 is 2.00 bits per heavy atom. The Balaban J connectivity index is 2.02. The molecular formula is C10H12BrNO2S. The maximum Gasteiger partial charge on any atom is 0.214 e. The van der Waals surface area contributed by atoms with E-state index in [1.165, 1.54) is 0 Å². The minimum Gasteiger partial charge on any atom is -0.212 e. The van der Waals surface area contributed by atoms with Crippen LogP contribution in [0.1, 0.15) is 18.4 Å². The molecule has 1 aromatic carbocycles. The van der Waals surface area contributed by atoms with E-state index in [2.05, 4.69) is 20.7 Å². The van der Waals surface area contributed by atoms with Gasteiger partial charge >= 0.3 is 0 Å². The van der Waals surface area contributed by atoms with Crippen LogP contribution in [0.5, 0.6) is 0 Å². The first-order valence-corrected chi connectivity index (χ1v) is 7.15. The molecule has 1 aromatic rings. The molecule has 1 aliphatic carbocycles. The molecule has 2 rings (SSSR count). The zero-order chi connectivity index (χ0) is 10.9. The van der Waals surface area contributed by atoms with Gasteiger partial charge in [-0.1, -0.05) is 34.1 Å². The minimum atomic E-state index is -3.07. The van der Waals surface area contributed by atoms with E-state index < -0.39 is 10.0 Å². The van der Waals surface area contributed by atoms with Crippen LogP contribution >= 0.6 is 15.9 Å². The first kappa shape index (κ1) is 11.1. The third kappa shape index (κ3) is 2.80. The summed E-state index contributed by atoms with van der Waals surface area (Å²) in [6.07, 6.45) is 1.59. The average molecular weight is 290 g/mol. The van der Waals surface area contributed by atoms with Crippen molar-refractivity contribution in [2.45, 2.75) is 24.6 Å². The lowest BCUT2D eigenvalue weighted by atomic mass is 10.2. The summed E-state index contributed by atoms with van der Waals surface area (Å²) in [4.78, 5) is 0. The predicted octanol–water partition coefficient (Wildman–Crippen LogP) is 2.03. The van der Waals surface area contributed by atoms with E-state index in [4.69, 9.17) is 0 Å². The largest absolute Gasteiger partial charge is 0.214 e. The Hall–Kier alpha value is -0.390. The maximum atomic E-state index is 11.6. The van der Waals surface area contributed by atoms with Gasteiger partial charge in [0.15, 0.2) is 0 Å². The van der Waals surface area contributed by atoms with Crippen molar-refractivity contribution < 1.29 is 8.42 Å². The topological polar surface area (TPSA) is 46.2 Å². The Labute approximate surface area is 98.1 Å². The molecule has 3 nitrogen and oxygen atoms in total. The van der Waals surface area contributed by atoms with Gasteiger partial charge in [0.05, 0.1) is 5.25 Å². The van der Waals surface area contributed by atoms with Gasteiger partial charge in [0.25, 0.3) is 0 Å². The second-order valence-corrected chi connectivity index (χ2v) is 6.56. The predicted molar refractivity (Wildman–Crippen MR) is 62.9 cm³/mol. The summed E-state index contributed by atoms with van der Waals surface area (Å²) in [5.41, 5.74) is 0.960. The summed E-state index contributed by atoms with van der Waals surface area (Å²) in [7, 11) is -3.07.